The van der Waals surface area contributed by atoms with Crippen molar-refractivity contribution in [1.82, 2.24) is 0 Å². The van der Waals surface area contributed by atoms with Crippen molar-refractivity contribution in [2.75, 3.05) is 0 Å². The third kappa shape index (κ3) is 3.46. The van der Waals surface area contributed by atoms with Gasteiger partial charge < -0.3 is 5.11 Å². The van der Waals surface area contributed by atoms with Gasteiger partial charge in [0.15, 0.2) is 0 Å². The molecule has 0 amide bonds. The Kier molecular flexibility index (Phi) is 4.54. The Morgan fingerprint density at radius 2 is 1.95 bits per heavy atom. The summed E-state index contributed by atoms with van der Waals surface area (Å²) in [5, 5.41) is 18.2. The van der Waals surface area contributed by atoms with E-state index in [2.05, 4.69) is 15.9 Å². The van der Waals surface area contributed by atoms with Gasteiger partial charge in [0.05, 0.1) is 17.6 Å². The highest BCUT2D eigenvalue weighted by atomic mass is 79.9. The molecule has 2 aromatic carbocycles. The Hall–Kier alpha value is -2.12. The van der Waals surface area contributed by atoms with Crippen molar-refractivity contribution in [3.63, 3.8) is 0 Å². The molecule has 0 fully saturated rings. The highest BCUT2D eigenvalue weighted by Crippen LogP contribution is 2.24. The van der Waals surface area contributed by atoms with Crippen LogP contribution in [0.1, 0.15) is 22.6 Å². The van der Waals surface area contributed by atoms with Gasteiger partial charge >= 0.3 is 5.97 Å². The fourth-order valence-corrected chi connectivity index (χ4v) is 2.44. The van der Waals surface area contributed by atoms with Gasteiger partial charge in [-0.3, -0.25) is 4.79 Å². The Labute approximate surface area is 125 Å². The minimum Gasteiger partial charge on any atom is -0.481 e. The molecule has 0 saturated heterocycles. The lowest BCUT2D eigenvalue weighted by Crippen LogP contribution is -2.14. The predicted octanol–water partition coefficient (Wildman–Crippen LogP) is 3.73. The topological polar surface area (TPSA) is 61.1 Å². The molecule has 4 heteroatoms. The van der Waals surface area contributed by atoms with E-state index >= 15 is 0 Å². The molecule has 0 bridgehead atoms. The lowest BCUT2D eigenvalue weighted by molar-refractivity contribution is -0.138. The van der Waals surface area contributed by atoms with E-state index in [4.69, 9.17) is 5.26 Å². The average molecular weight is 330 g/mol. The molecule has 0 saturated carbocycles. The van der Waals surface area contributed by atoms with Gasteiger partial charge in [0.25, 0.3) is 0 Å². The zero-order chi connectivity index (χ0) is 14.5. The van der Waals surface area contributed by atoms with Crippen molar-refractivity contribution in [3.8, 4) is 6.07 Å². The van der Waals surface area contributed by atoms with Crippen LogP contribution in [0, 0.1) is 11.3 Å². The molecule has 1 unspecified atom stereocenters. The first-order chi connectivity index (χ1) is 9.60. The smallest absolute Gasteiger partial charge is 0.311 e. The summed E-state index contributed by atoms with van der Waals surface area (Å²) in [4.78, 5) is 11.5. The molecule has 0 spiro atoms. The molecule has 0 aliphatic heterocycles. The lowest BCUT2D eigenvalue weighted by Gasteiger charge is -2.13. The second kappa shape index (κ2) is 6.36. The molecule has 2 rings (SSSR count). The summed E-state index contributed by atoms with van der Waals surface area (Å²) in [7, 11) is 0. The largest absolute Gasteiger partial charge is 0.481 e. The zero-order valence-corrected chi connectivity index (χ0v) is 12.2. The van der Waals surface area contributed by atoms with Crippen LogP contribution in [-0.4, -0.2) is 11.1 Å². The molecule has 2 aromatic rings. The highest BCUT2D eigenvalue weighted by Gasteiger charge is 2.20. The van der Waals surface area contributed by atoms with Gasteiger partial charge in [0.2, 0.25) is 0 Å². The maximum Gasteiger partial charge on any atom is 0.311 e. The van der Waals surface area contributed by atoms with Crippen LogP contribution in [0.2, 0.25) is 0 Å². The number of benzene rings is 2. The first-order valence-corrected chi connectivity index (χ1v) is 6.87. The molecular weight excluding hydrogens is 318 g/mol. The standard InChI is InChI=1S/C16H12BrNO2/c17-14-3-1-2-13(9-14)15(16(19)20)8-11-4-6-12(10-18)7-5-11/h1-7,9,15H,8H2,(H,19,20). The van der Waals surface area contributed by atoms with Crippen LogP contribution in [0.15, 0.2) is 53.0 Å². The molecule has 100 valence electrons. The SMILES string of the molecule is N#Cc1ccc(CC(C(=O)O)c2cccc(Br)c2)cc1. The van der Waals surface area contributed by atoms with E-state index in [1.165, 1.54) is 0 Å². The maximum atomic E-state index is 11.5. The third-order valence-electron chi connectivity index (χ3n) is 3.07. The van der Waals surface area contributed by atoms with Gasteiger partial charge in [0, 0.05) is 4.47 Å². The minimum atomic E-state index is -0.854. The Balaban J connectivity index is 2.26. The molecule has 0 radical (unpaired) electrons. The van der Waals surface area contributed by atoms with Crippen molar-refractivity contribution in [2.45, 2.75) is 12.3 Å². The number of nitrogens with zero attached hydrogens (tertiary/aromatic N) is 1. The second-order valence-corrected chi connectivity index (χ2v) is 5.37. The number of hydrogen-bond acceptors (Lipinski definition) is 2. The van der Waals surface area contributed by atoms with E-state index in [1.54, 1.807) is 24.3 Å². The quantitative estimate of drug-likeness (QED) is 0.929. The summed E-state index contributed by atoms with van der Waals surface area (Å²) in [5.74, 6) is -1.45. The fraction of sp³-hybridized carbons (Fsp3) is 0.125. The van der Waals surface area contributed by atoms with Gasteiger partial charge in [-0.25, -0.2) is 0 Å². The summed E-state index contributed by atoms with van der Waals surface area (Å²) >= 11 is 3.35. The van der Waals surface area contributed by atoms with Gasteiger partial charge in [0.1, 0.15) is 0 Å². The third-order valence-corrected chi connectivity index (χ3v) is 3.57. The van der Waals surface area contributed by atoms with Gasteiger partial charge in [-0.2, -0.15) is 5.26 Å². The Bertz CT molecular complexity index is 659. The molecular formula is C16H12BrNO2. The number of carboxylic acid groups (broad SMARTS) is 1. The molecule has 1 N–H and O–H groups in total. The number of halogens is 1. The number of nitriles is 1. The molecule has 3 nitrogen and oxygen atoms in total. The maximum absolute atomic E-state index is 11.5. The van der Waals surface area contributed by atoms with E-state index in [9.17, 15) is 9.90 Å². The number of rotatable bonds is 4. The molecule has 1 atom stereocenters. The number of carboxylic acids is 1. The zero-order valence-electron chi connectivity index (χ0n) is 10.6. The minimum absolute atomic E-state index is 0.400. The molecule has 20 heavy (non-hydrogen) atoms. The van der Waals surface area contributed by atoms with Crippen LogP contribution >= 0.6 is 15.9 Å². The van der Waals surface area contributed by atoms with Crippen LogP contribution in [0.4, 0.5) is 0 Å². The van der Waals surface area contributed by atoms with E-state index < -0.39 is 11.9 Å². The summed E-state index contributed by atoms with van der Waals surface area (Å²) in [6.45, 7) is 0. The number of carbonyl (C=O) groups is 1. The predicted molar refractivity (Wildman–Crippen MR) is 79.4 cm³/mol. The molecule has 0 aliphatic carbocycles. The Morgan fingerprint density at radius 1 is 1.25 bits per heavy atom. The summed E-state index contributed by atoms with van der Waals surface area (Å²) < 4.78 is 0.862. The molecule has 0 aromatic heterocycles. The average Bonchev–Trinajstić information content (AvgIpc) is 2.45. The van der Waals surface area contributed by atoms with E-state index in [0.29, 0.717) is 12.0 Å². The first kappa shape index (κ1) is 14.3. The van der Waals surface area contributed by atoms with Crippen molar-refractivity contribution < 1.29 is 9.90 Å². The Morgan fingerprint density at radius 3 is 2.50 bits per heavy atom. The van der Waals surface area contributed by atoms with Crippen molar-refractivity contribution >= 4 is 21.9 Å². The number of aliphatic carboxylic acids is 1. The van der Waals surface area contributed by atoms with Gasteiger partial charge in [-0.15, -0.1) is 0 Å². The van der Waals surface area contributed by atoms with Gasteiger partial charge in [-0.1, -0.05) is 40.2 Å². The normalized spacial score (nSPS) is 11.6. The molecule has 0 heterocycles. The van der Waals surface area contributed by atoms with Crippen LogP contribution in [0.3, 0.4) is 0 Å². The van der Waals surface area contributed by atoms with Crippen LogP contribution in [0.25, 0.3) is 0 Å². The number of hydrogen-bond donors (Lipinski definition) is 1. The summed E-state index contributed by atoms with van der Waals surface area (Å²) in [6.07, 6.45) is 0.400. The lowest BCUT2D eigenvalue weighted by atomic mass is 9.92. The first-order valence-electron chi connectivity index (χ1n) is 6.07. The second-order valence-electron chi connectivity index (χ2n) is 4.46. The molecule has 0 aliphatic rings. The van der Waals surface area contributed by atoms with E-state index in [1.807, 2.05) is 30.3 Å². The van der Waals surface area contributed by atoms with Gasteiger partial charge in [-0.05, 0) is 41.8 Å². The summed E-state index contributed by atoms with van der Waals surface area (Å²) in [6, 6.07) is 16.4. The van der Waals surface area contributed by atoms with Crippen LogP contribution in [0.5, 0.6) is 0 Å². The fourth-order valence-electron chi connectivity index (χ4n) is 2.02. The highest BCUT2D eigenvalue weighted by molar-refractivity contribution is 9.10. The van der Waals surface area contributed by atoms with Crippen molar-refractivity contribution in [1.29, 1.82) is 5.26 Å². The monoisotopic (exact) mass is 329 g/mol. The van der Waals surface area contributed by atoms with Crippen LogP contribution < -0.4 is 0 Å². The summed E-state index contributed by atoms with van der Waals surface area (Å²) in [5.41, 5.74) is 2.23. The van der Waals surface area contributed by atoms with Crippen LogP contribution in [-0.2, 0) is 11.2 Å². The van der Waals surface area contributed by atoms with E-state index in [0.717, 1.165) is 15.6 Å². The van der Waals surface area contributed by atoms with Crippen molar-refractivity contribution in [2.24, 2.45) is 0 Å². The van der Waals surface area contributed by atoms with E-state index in [-0.39, 0.29) is 0 Å². The van der Waals surface area contributed by atoms with Crippen molar-refractivity contribution in [3.05, 3.63) is 69.7 Å².